The number of benzene rings is 1. The Hall–Kier alpha value is -1.02. The van der Waals surface area contributed by atoms with Crippen molar-refractivity contribution in [2.75, 3.05) is 13.1 Å². The standard InChI is InChI=1S/C18H29NO/c1-15(19-13-5-6-14-19)7-8-16-9-11-17(12-10-16)20-18(2,3)4/h9-12,15H,5-8,13-14H2,1-4H3. The molecule has 1 aromatic rings. The Morgan fingerprint density at radius 2 is 1.70 bits per heavy atom. The number of nitrogens with zero attached hydrogens (tertiary/aromatic N) is 1. The first-order valence-corrected chi connectivity index (χ1v) is 7.96. The first-order valence-electron chi connectivity index (χ1n) is 7.96. The summed E-state index contributed by atoms with van der Waals surface area (Å²) in [6.07, 6.45) is 5.17. The molecule has 1 aromatic carbocycles. The quantitative estimate of drug-likeness (QED) is 0.795. The predicted octanol–water partition coefficient (Wildman–Crippen LogP) is 4.28. The molecule has 0 radical (unpaired) electrons. The summed E-state index contributed by atoms with van der Waals surface area (Å²) in [7, 11) is 0. The second-order valence-electron chi connectivity index (χ2n) is 6.99. The van der Waals surface area contributed by atoms with E-state index in [2.05, 4.69) is 56.9 Å². The zero-order chi connectivity index (χ0) is 14.6. The van der Waals surface area contributed by atoms with Crippen LogP contribution in [0.3, 0.4) is 0 Å². The molecule has 1 atom stereocenters. The van der Waals surface area contributed by atoms with Gasteiger partial charge in [0.05, 0.1) is 0 Å². The molecule has 0 amide bonds. The monoisotopic (exact) mass is 275 g/mol. The summed E-state index contributed by atoms with van der Waals surface area (Å²) in [5.74, 6) is 0.967. The lowest BCUT2D eigenvalue weighted by Crippen LogP contribution is -2.30. The summed E-state index contributed by atoms with van der Waals surface area (Å²) < 4.78 is 5.86. The van der Waals surface area contributed by atoms with E-state index in [0.29, 0.717) is 6.04 Å². The molecule has 0 aromatic heterocycles. The molecule has 112 valence electrons. The van der Waals surface area contributed by atoms with Crippen molar-refractivity contribution in [2.45, 2.75) is 65.0 Å². The van der Waals surface area contributed by atoms with Crippen molar-refractivity contribution >= 4 is 0 Å². The van der Waals surface area contributed by atoms with E-state index < -0.39 is 0 Å². The molecule has 2 rings (SSSR count). The van der Waals surface area contributed by atoms with Crippen LogP contribution in [0.1, 0.15) is 52.5 Å². The highest BCUT2D eigenvalue weighted by atomic mass is 16.5. The summed E-state index contributed by atoms with van der Waals surface area (Å²) in [5, 5.41) is 0. The number of ether oxygens (including phenoxy) is 1. The molecule has 0 bridgehead atoms. The van der Waals surface area contributed by atoms with E-state index in [1.54, 1.807) is 0 Å². The fraction of sp³-hybridized carbons (Fsp3) is 0.667. The van der Waals surface area contributed by atoms with Crippen LogP contribution >= 0.6 is 0 Å². The number of aryl methyl sites for hydroxylation is 1. The van der Waals surface area contributed by atoms with Crippen LogP contribution in [0.15, 0.2) is 24.3 Å². The molecule has 1 unspecified atom stereocenters. The highest BCUT2D eigenvalue weighted by Crippen LogP contribution is 2.20. The molecule has 20 heavy (non-hydrogen) atoms. The van der Waals surface area contributed by atoms with Crippen molar-refractivity contribution in [3.8, 4) is 5.75 Å². The van der Waals surface area contributed by atoms with Gasteiger partial charge in [-0.25, -0.2) is 0 Å². The van der Waals surface area contributed by atoms with Crippen molar-refractivity contribution in [1.29, 1.82) is 0 Å². The fourth-order valence-electron chi connectivity index (χ4n) is 2.82. The maximum atomic E-state index is 5.86. The minimum Gasteiger partial charge on any atom is -0.488 e. The minimum absolute atomic E-state index is 0.119. The molecule has 0 spiro atoms. The highest BCUT2D eigenvalue weighted by molar-refractivity contribution is 5.27. The molecule has 1 aliphatic rings. The van der Waals surface area contributed by atoms with Crippen molar-refractivity contribution < 1.29 is 4.74 Å². The van der Waals surface area contributed by atoms with Gasteiger partial charge in [0.15, 0.2) is 0 Å². The molecular formula is C18H29NO. The average Bonchev–Trinajstić information content (AvgIpc) is 2.89. The molecule has 2 nitrogen and oxygen atoms in total. The fourth-order valence-corrected chi connectivity index (χ4v) is 2.82. The predicted molar refractivity (Wildman–Crippen MR) is 85.4 cm³/mol. The van der Waals surface area contributed by atoms with Gasteiger partial charge in [0.1, 0.15) is 11.4 Å². The Labute approximate surface area is 124 Å². The van der Waals surface area contributed by atoms with Gasteiger partial charge in [-0.3, -0.25) is 0 Å². The Kier molecular flexibility index (Phi) is 5.09. The smallest absolute Gasteiger partial charge is 0.120 e. The Bertz CT molecular complexity index is 398. The van der Waals surface area contributed by atoms with Crippen molar-refractivity contribution in [2.24, 2.45) is 0 Å². The highest BCUT2D eigenvalue weighted by Gasteiger charge is 2.17. The first kappa shape index (κ1) is 15.4. The lowest BCUT2D eigenvalue weighted by atomic mass is 10.1. The third-order valence-electron chi connectivity index (χ3n) is 3.96. The molecule has 1 heterocycles. The molecular weight excluding hydrogens is 246 g/mol. The van der Waals surface area contributed by atoms with E-state index in [1.165, 1.54) is 37.9 Å². The van der Waals surface area contributed by atoms with Gasteiger partial charge in [-0.1, -0.05) is 12.1 Å². The minimum atomic E-state index is -0.119. The largest absolute Gasteiger partial charge is 0.488 e. The zero-order valence-corrected chi connectivity index (χ0v) is 13.5. The lowest BCUT2D eigenvalue weighted by molar-refractivity contribution is 0.131. The third kappa shape index (κ3) is 4.82. The maximum Gasteiger partial charge on any atom is 0.120 e. The second kappa shape index (κ2) is 6.62. The van der Waals surface area contributed by atoms with Crippen molar-refractivity contribution in [3.63, 3.8) is 0 Å². The van der Waals surface area contributed by atoms with Crippen LogP contribution in [0.25, 0.3) is 0 Å². The zero-order valence-electron chi connectivity index (χ0n) is 13.5. The van der Waals surface area contributed by atoms with E-state index in [1.807, 2.05) is 0 Å². The normalized spacial score (nSPS) is 18.2. The number of likely N-dealkylation sites (tertiary alicyclic amines) is 1. The van der Waals surface area contributed by atoms with E-state index in [9.17, 15) is 0 Å². The van der Waals surface area contributed by atoms with Gasteiger partial charge in [-0.15, -0.1) is 0 Å². The summed E-state index contributed by atoms with van der Waals surface area (Å²) >= 11 is 0. The van der Waals surface area contributed by atoms with Gasteiger partial charge in [-0.2, -0.15) is 0 Å². The lowest BCUT2D eigenvalue weighted by Gasteiger charge is -2.24. The number of rotatable bonds is 5. The number of hydrogen-bond donors (Lipinski definition) is 0. The molecule has 0 saturated carbocycles. The summed E-state index contributed by atoms with van der Waals surface area (Å²) in [5.41, 5.74) is 1.29. The van der Waals surface area contributed by atoms with Crippen LogP contribution < -0.4 is 4.74 Å². The Balaban J connectivity index is 1.81. The van der Waals surface area contributed by atoms with Gasteiger partial charge in [0, 0.05) is 6.04 Å². The van der Waals surface area contributed by atoms with Crippen LogP contribution in [-0.2, 0) is 6.42 Å². The van der Waals surface area contributed by atoms with Crippen LogP contribution in [0.5, 0.6) is 5.75 Å². The number of hydrogen-bond acceptors (Lipinski definition) is 2. The van der Waals surface area contributed by atoms with E-state index >= 15 is 0 Å². The van der Waals surface area contributed by atoms with E-state index in [4.69, 9.17) is 4.74 Å². The molecule has 0 N–H and O–H groups in total. The van der Waals surface area contributed by atoms with E-state index in [0.717, 1.165) is 12.2 Å². The molecule has 1 aliphatic heterocycles. The van der Waals surface area contributed by atoms with Gasteiger partial charge in [0.2, 0.25) is 0 Å². The topological polar surface area (TPSA) is 12.5 Å². The molecule has 1 fully saturated rings. The SMILES string of the molecule is CC(CCc1ccc(OC(C)(C)C)cc1)N1CCCC1. The maximum absolute atomic E-state index is 5.86. The van der Waals surface area contributed by atoms with Crippen LogP contribution in [-0.4, -0.2) is 29.6 Å². The van der Waals surface area contributed by atoms with Crippen LogP contribution in [0.4, 0.5) is 0 Å². The average molecular weight is 275 g/mol. The second-order valence-corrected chi connectivity index (χ2v) is 6.99. The van der Waals surface area contributed by atoms with Crippen LogP contribution in [0, 0.1) is 0 Å². The third-order valence-corrected chi connectivity index (χ3v) is 3.96. The van der Waals surface area contributed by atoms with Gasteiger partial charge in [-0.05, 0) is 84.2 Å². The summed E-state index contributed by atoms with van der Waals surface area (Å²) in [4.78, 5) is 2.62. The Morgan fingerprint density at radius 1 is 1.10 bits per heavy atom. The first-order chi connectivity index (χ1) is 9.44. The van der Waals surface area contributed by atoms with Gasteiger partial charge < -0.3 is 9.64 Å². The van der Waals surface area contributed by atoms with Crippen molar-refractivity contribution in [1.82, 2.24) is 4.90 Å². The van der Waals surface area contributed by atoms with Gasteiger partial charge >= 0.3 is 0 Å². The summed E-state index contributed by atoms with van der Waals surface area (Å²) in [6, 6.07) is 9.32. The Morgan fingerprint density at radius 3 is 2.25 bits per heavy atom. The molecule has 2 heteroatoms. The van der Waals surface area contributed by atoms with Gasteiger partial charge in [0.25, 0.3) is 0 Å². The van der Waals surface area contributed by atoms with Crippen molar-refractivity contribution in [3.05, 3.63) is 29.8 Å². The van der Waals surface area contributed by atoms with E-state index in [-0.39, 0.29) is 5.60 Å². The molecule has 1 saturated heterocycles. The summed E-state index contributed by atoms with van der Waals surface area (Å²) in [6.45, 7) is 11.2. The molecule has 0 aliphatic carbocycles. The van der Waals surface area contributed by atoms with Crippen LogP contribution in [0.2, 0.25) is 0 Å².